The highest BCUT2D eigenvalue weighted by molar-refractivity contribution is 6.06. The van der Waals surface area contributed by atoms with Crippen molar-refractivity contribution in [2.45, 2.75) is 39.3 Å². The summed E-state index contributed by atoms with van der Waals surface area (Å²) in [4.78, 5) is 26.9. The average Bonchev–Trinajstić information content (AvgIpc) is 2.44. The molecule has 0 unspecified atom stereocenters. The van der Waals surface area contributed by atoms with E-state index in [-0.39, 0.29) is 24.6 Å². The highest BCUT2D eigenvalue weighted by atomic mass is 16.3. The second-order valence-corrected chi connectivity index (χ2v) is 5.37. The van der Waals surface area contributed by atoms with Gasteiger partial charge in [0.15, 0.2) is 0 Å². The van der Waals surface area contributed by atoms with Crippen LogP contribution < -0.4 is 5.32 Å². The molecule has 0 spiro atoms. The van der Waals surface area contributed by atoms with E-state index < -0.39 is 5.54 Å². The quantitative estimate of drug-likeness (QED) is 0.658. The van der Waals surface area contributed by atoms with Gasteiger partial charge in [-0.2, -0.15) is 0 Å². The zero-order chi connectivity index (χ0) is 13.9. The molecule has 3 amide bonds. The fraction of sp³-hybridized carbons (Fsp3) is 0.833. The van der Waals surface area contributed by atoms with Gasteiger partial charge in [0.05, 0.1) is 6.61 Å². The van der Waals surface area contributed by atoms with E-state index in [1.54, 1.807) is 13.8 Å². The smallest absolute Gasteiger partial charge is 0.325 e. The highest BCUT2D eigenvalue weighted by Crippen LogP contribution is 2.16. The molecule has 0 aliphatic carbocycles. The van der Waals surface area contributed by atoms with Crippen molar-refractivity contribution in [1.29, 1.82) is 0 Å². The standard InChI is InChI=1S/C12H23N3O3/c1-9(2)14(7-8-16)5-6-15-10(17)12(3,4)13-11(15)18/h9,16H,5-8H2,1-4H3,(H,13,18). The lowest BCUT2D eigenvalue weighted by Crippen LogP contribution is -2.43. The molecule has 18 heavy (non-hydrogen) atoms. The Hall–Kier alpha value is -1.14. The van der Waals surface area contributed by atoms with E-state index in [9.17, 15) is 9.59 Å². The second-order valence-electron chi connectivity index (χ2n) is 5.37. The van der Waals surface area contributed by atoms with Crippen molar-refractivity contribution < 1.29 is 14.7 Å². The van der Waals surface area contributed by atoms with E-state index in [4.69, 9.17) is 5.11 Å². The van der Waals surface area contributed by atoms with Gasteiger partial charge in [0.25, 0.3) is 5.91 Å². The third-order valence-corrected chi connectivity index (χ3v) is 3.17. The first kappa shape index (κ1) is 14.9. The van der Waals surface area contributed by atoms with Crippen molar-refractivity contribution in [3.63, 3.8) is 0 Å². The molecular formula is C12H23N3O3. The molecule has 1 heterocycles. The number of imide groups is 1. The van der Waals surface area contributed by atoms with Crippen LogP contribution >= 0.6 is 0 Å². The molecule has 1 rings (SSSR count). The predicted octanol–water partition coefficient (Wildman–Crippen LogP) is 0.0195. The summed E-state index contributed by atoms with van der Waals surface area (Å²) in [7, 11) is 0. The summed E-state index contributed by atoms with van der Waals surface area (Å²) < 4.78 is 0. The lowest BCUT2D eigenvalue weighted by Gasteiger charge is -2.27. The molecule has 0 aromatic rings. The number of amides is 3. The third-order valence-electron chi connectivity index (χ3n) is 3.17. The van der Waals surface area contributed by atoms with Crippen LogP contribution in [0.1, 0.15) is 27.7 Å². The van der Waals surface area contributed by atoms with Crippen LogP contribution in [-0.2, 0) is 4.79 Å². The summed E-state index contributed by atoms with van der Waals surface area (Å²) >= 11 is 0. The molecule has 0 saturated carbocycles. The minimum absolute atomic E-state index is 0.0732. The summed E-state index contributed by atoms with van der Waals surface area (Å²) in [5.41, 5.74) is -0.809. The molecule has 0 radical (unpaired) electrons. The van der Waals surface area contributed by atoms with Crippen LogP contribution in [0.4, 0.5) is 4.79 Å². The minimum atomic E-state index is -0.809. The summed E-state index contributed by atoms with van der Waals surface area (Å²) in [6.45, 7) is 8.98. The van der Waals surface area contributed by atoms with Crippen molar-refractivity contribution in [3.8, 4) is 0 Å². The molecule has 6 heteroatoms. The predicted molar refractivity (Wildman–Crippen MR) is 68.1 cm³/mol. The number of rotatable bonds is 6. The Kier molecular flexibility index (Phi) is 4.70. The monoisotopic (exact) mass is 257 g/mol. The molecule has 2 N–H and O–H groups in total. The van der Waals surface area contributed by atoms with Gasteiger partial charge in [-0.3, -0.25) is 14.6 Å². The lowest BCUT2D eigenvalue weighted by molar-refractivity contribution is -0.130. The zero-order valence-electron chi connectivity index (χ0n) is 11.6. The first-order valence-corrected chi connectivity index (χ1v) is 6.28. The van der Waals surface area contributed by atoms with Gasteiger partial charge in [-0.15, -0.1) is 0 Å². The Morgan fingerprint density at radius 3 is 2.33 bits per heavy atom. The topological polar surface area (TPSA) is 72.9 Å². The van der Waals surface area contributed by atoms with Crippen LogP contribution in [0.15, 0.2) is 0 Å². The molecule has 0 bridgehead atoms. The maximum Gasteiger partial charge on any atom is 0.325 e. The molecule has 0 aromatic heterocycles. The van der Waals surface area contributed by atoms with Gasteiger partial charge in [0, 0.05) is 25.7 Å². The maximum absolute atomic E-state index is 12.0. The number of nitrogens with one attached hydrogen (secondary N) is 1. The van der Waals surface area contributed by atoms with E-state index >= 15 is 0 Å². The SMILES string of the molecule is CC(C)N(CCO)CCN1C(=O)NC(C)(C)C1=O. The Bertz CT molecular complexity index is 329. The maximum atomic E-state index is 12.0. The number of aliphatic hydroxyl groups is 1. The summed E-state index contributed by atoms with van der Waals surface area (Å²) in [5.74, 6) is -0.194. The largest absolute Gasteiger partial charge is 0.395 e. The normalized spacial score (nSPS) is 18.9. The molecule has 104 valence electrons. The van der Waals surface area contributed by atoms with Gasteiger partial charge >= 0.3 is 6.03 Å². The number of hydrogen-bond donors (Lipinski definition) is 2. The van der Waals surface area contributed by atoms with E-state index in [1.807, 2.05) is 18.7 Å². The number of carbonyl (C=O) groups excluding carboxylic acids is 2. The van der Waals surface area contributed by atoms with E-state index in [1.165, 1.54) is 4.90 Å². The molecule has 0 atom stereocenters. The molecule has 0 aromatic carbocycles. The minimum Gasteiger partial charge on any atom is -0.395 e. The van der Waals surface area contributed by atoms with Crippen LogP contribution in [-0.4, -0.2) is 64.7 Å². The Balaban J connectivity index is 2.57. The number of hydrogen-bond acceptors (Lipinski definition) is 4. The van der Waals surface area contributed by atoms with Crippen LogP contribution in [0.2, 0.25) is 0 Å². The fourth-order valence-corrected chi connectivity index (χ4v) is 2.01. The van der Waals surface area contributed by atoms with Crippen LogP contribution in [0.25, 0.3) is 0 Å². The first-order chi connectivity index (χ1) is 8.29. The Morgan fingerprint density at radius 1 is 1.33 bits per heavy atom. The van der Waals surface area contributed by atoms with Gasteiger partial charge < -0.3 is 10.4 Å². The van der Waals surface area contributed by atoms with Gasteiger partial charge in [0.2, 0.25) is 0 Å². The Labute approximate surface area is 108 Å². The third kappa shape index (κ3) is 3.20. The van der Waals surface area contributed by atoms with Gasteiger partial charge in [-0.1, -0.05) is 0 Å². The average molecular weight is 257 g/mol. The fourth-order valence-electron chi connectivity index (χ4n) is 2.01. The number of carbonyl (C=O) groups is 2. The highest BCUT2D eigenvalue weighted by Gasteiger charge is 2.43. The van der Waals surface area contributed by atoms with Crippen molar-refractivity contribution in [1.82, 2.24) is 15.1 Å². The molecule has 1 aliphatic rings. The summed E-state index contributed by atoms with van der Waals surface area (Å²) in [5, 5.41) is 11.6. The van der Waals surface area contributed by atoms with Crippen molar-refractivity contribution in [2.24, 2.45) is 0 Å². The van der Waals surface area contributed by atoms with E-state index in [0.717, 1.165) is 0 Å². The van der Waals surface area contributed by atoms with E-state index in [0.29, 0.717) is 19.6 Å². The number of aliphatic hydroxyl groups excluding tert-OH is 1. The van der Waals surface area contributed by atoms with Crippen molar-refractivity contribution >= 4 is 11.9 Å². The molecule has 1 saturated heterocycles. The van der Waals surface area contributed by atoms with Crippen molar-refractivity contribution in [2.75, 3.05) is 26.2 Å². The number of nitrogens with zero attached hydrogens (tertiary/aromatic N) is 2. The second kappa shape index (κ2) is 5.67. The van der Waals surface area contributed by atoms with Gasteiger partial charge in [-0.05, 0) is 27.7 Å². The summed E-state index contributed by atoms with van der Waals surface area (Å²) in [6.07, 6.45) is 0. The molecule has 6 nitrogen and oxygen atoms in total. The van der Waals surface area contributed by atoms with Crippen LogP contribution in [0, 0.1) is 0 Å². The first-order valence-electron chi connectivity index (χ1n) is 6.28. The van der Waals surface area contributed by atoms with Crippen LogP contribution in [0.3, 0.4) is 0 Å². The number of urea groups is 1. The van der Waals surface area contributed by atoms with E-state index in [2.05, 4.69) is 5.32 Å². The lowest BCUT2D eigenvalue weighted by atomic mass is 10.1. The Morgan fingerprint density at radius 2 is 1.94 bits per heavy atom. The van der Waals surface area contributed by atoms with Crippen LogP contribution in [0.5, 0.6) is 0 Å². The summed E-state index contributed by atoms with van der Waals surface area (Å²) in [6, 6.07) is -0.0661. The van der Waals surface area contributed by atoms with Gasteiger partial charge in [0.1, 0.15) is 5.54 Å². The van der Waals surface area contributed by atoms with Crippen molar-refractivity contribution in [3.05, 3.63) is 0 Å². The molecule has 1 fully saturated rings. The molecule has 1 aliphatic heterocycles. The zero-order valence-corrected chi connectivity index (χ0v) is 11.6. The molecular weight excluding hydrogens is 234 g/mol. The van der Waals surface area contributed by atoms with Gasteiger partial charge in [-0.25, -0.2) is 4.79 Å².